The first-order chi connectivity index (χ1) is 11.2. The predicted molar refractivity (Wildman–Crippen MR) is 88.3 cm³/mol. The third-order valence-electron chi connectivity index (χ3n) is 3.50. The molecule has 0 unspecified atom stereocenters. The Morgan fingerprint density at radius 2 is 1.91 bits per heavy atom. The molecule has 0 spiro atoms. The molecule has 0 aliphatic carbocycles. The van der Waals surface area contributed by atoms with Gasteiger partial charge in [0.1, 0.15) is 24.5 Å². The molecule has 0 saturated heterocycles. The van der Waals surface area contributed by atoms with Crippen molar-refractivity contribution in [3.8, 4) is 0 Å². The van der Waals surface area contributed by atoms with E-state index >= 15 is 0 Å². The van der Waals surface area contributed by atoms with E-state index in [0.29, 0.717) is 18.5 Å². The molecule has 1 N–H and O–H groups in total. The first-order valence-electron chi connectivity index (χ1n) is 7.46. The molecule has 0 bridgehead atoms. The van der Waals surface area contributed by atoms with Crippen molar-refractivity contribution in [3.63, 3.8) is 0 Å². The molecule has 120 valence electrons. The summed E-state index contributed by atoms with van der Waals surface area (Å²) in [6.45, 7) is 0.213. The zero-order valence-corrected chi connectivity index (χ0v) is 13.0. The average Bonchev–Trinajstić information content (AvgIpc) is 2.58. The van der Waals surface area contributed by atoms with Crippen molar-refractivity contribution in [3.05, 3.63) is 83.4 Å². The number of allylic oxidation sites excluding steroid dienone is 1. The van der Waals surface area contributed by atoms with E-state index in [4.69, 9.17) is 4.74 Å². The lowest BCUT2D eigenvalue weighted by Crippen LogP contribution is -2.31. The monoisotopic (exact) mass is 313 g/mol. The minimum absolute atomic E-state index is 0.129. The lowest BCUT2D eigenvalue weighted by atomic mass is 10.0. The van der Waals surface area contributed by atoms with Crippen LogP contribution in [0.25, 0.3) is 0 Å². The van der Waals surface area contributed by atoms with Crippen LogP contribution in [-0.4, -0.2) is 19.4 Å². The van der Waals surface area contributed by atoms with E-state index < -0.39 is 0 Å². The summed E-state index contributed by atoms with van der Waals surface area (Å²) in [5.74, 6) is 0.233. The summed E-state index contributed by atoms with van der Waals surface area (Å²) in [7, 11) is 1.82. The largest absolute Gasteiger partial charge is 0.491 e. The van der Waals surface area contributed by atoms with Gasteiger partial charge >= 0.3 is 0 Å². The molecule has 0 radical (unpaired) electrons. The smallest absolute Gasteiger partial charge is 0.146 e. The van der Waals surface area contributed by atoms with Gasteiger partial charge in [-0.1, -0.05) is 42.5 Å². The van der Waals surface area contributed by atoms with E-state index in [1.54, 1.807) is 12.1 Å². The second-order valence-corrected chi connectivity index (χ2v) is 5.15. The maximum absolute atomic E-state index is 13.2. The summed E-state index contributed by atoms with van der Waals surface area (Å²) in [6, 6.07) is 16.0. The summed E-state index contributed by atoms with van der Waals surface area (Å²) in [5.41, 5.74) is 1.86. The molecule has 2 aromatic carbocycles. The third-order valence-corrected chi connectivity index (χ3v) is 3.50. The highest BCUT2D eigenvalue weighted by atomic mass is 19.1. The van der Waals surface area contributed by atoms with Gasteiger partial charge in [-0.25, -0.2) is 4.39 Å². The first-order valence-corrected chi connectivity index (χ1v) is 7.46. The molecule has 4 heteroatoms. The zero-order valence-electron chi connectivity index (χ0n) is 13.0. The highest BCUT2D eigenvalue weighted by Crippen LogP contribution is 2.14. The zero-order chi connectivity index (χ0) is 16.5. The van der Waals surface area contributed by atoms with Crippen molar-refractivity contribution in [2.75, 3.05) is 7.05 Å². The summed E-state index contributed by atoms with van der Waals surface area (Å²) in [4.78, 5) is 10.9. The summed E-state index contributed by atoms with van der Waals surface area (Å²) >= 11 is 0. The predicted octanol–water partition coefficient (Wildman–Crippen LogP) is 3.26. The number of rotatable bonds is 8. The minimum Gasteiger partial charge on any atom is -0.491 e. The van der Waals surface area contributed by atoms with Crippen LogP contribution < -0.4 is 5.32 Å². The van der Waals surface area contributed by atoms with Crippen LogP contribution in [0.5, 0.6) is 0 Å². The SMILES string of the molecule is CN[C@@H](Cc1ccccc1)/C(=C\C=O)OCc1cccc(F)c1. The number of carbonyl (C=O) groups excluding carboxylic acids is 1. The van der Waals surface area contributed by atoms with Crippen LogP contribution in [0.15, 0.2) is 66.4 Å². The molecular weight excluding hydrogens is 293 g/mol. The van der Waals surface area contributed by atoms with Crippen LogP contribution in [0.3, 0.4) is 0 Å². The fraction of sp³-hybridized carbons (Fsp3) is 0.211. The van der Waals surface area contributed by atoms with Crippen LogP contribution >= 0.6 is 0 Å². The van der Waals surface area contributed by atoms with Gasteiger partial charge < -0.3 is 10.1 Å². The third kappa shape index (κ3) is 5.34. The number of hydrogen-bond acceptors (Lipinski definition) is 3. The van der Waals surface area contributed by atoms with E-state index in [9.17, 15) is 9.18 Å². The Bertz CT molecular complexity index is 655. The van der Waals surface area contributed by atoms with E-state index in [2.05, 4.69) is 5.32 Å². The number of nitrogens with one attached hydrogen (secondary N) is 1. The Labute approximate surface area is 135 Å². The molecular formula is C19H20FNO2. The maximum atomic E-state index is 13.2. The van der Waals surface area contributed by atoms with Gasteiger partial charge in [-0.2, -0.15) is 0 Å². The standard InChI is InChI=1S/C19H20FNO2/c1-21-18(13-15-6-3-2-4-7-15)19(10-11-22)23-14-16-8-5-9-17(20)12-16/h2-12,18,21H,13-14H2,1H3/b19-10+/t18-/m0/s1. The molecule has 1 atom stereocenters. The van der Waals surface area contributed by atoms with Crippen LogP contribution in [0.2, 0.25) is 0 Å². The summed E-state index contributed by atoms with van der Waals surface area (Å²) in [5, 5.41) is 3.16. The molecule has 0 heterocycles. The van der Waals surface area contributed by atoms with E-state index in [-0.39, 0.29) is 18.5 Å². The van der Waals surface area contributed by atoms with Gasteiger partial charge in [-0.15, -0.1) is 0 Å². The number of carbonyl (C=O) groups is 1. The number of halogens is 1. The van der Waals surface area contributed by atoms with Gasteiger partial charge in [0.15, 0.2) is 0 Å². The van der Waals surface area contributed by atoms with Crippen molar-refractivity contribution in [2.45, 2.75) is 19.1 Å². The molecule has 2 rings (SSSR count). The number of likely N-dealkylation sites (N-methyl/N-ethyl adjacent to an activating group) is 1. The Morgan fingerprint density at radius 3 is 2.57 bits per heavy atom. The Kier molecular flexibility index (Phi) is 6.51. The number of benzene rings is 2. The van der Waals surface area contributed by atoms with Crippen molar-refractivity contribution in [1.82, 2.24) is 5.32 Å². The lowest BCUT2D eigenvalue weighted by Gasteiger charge is -2.20. The van der Waals surface area contributed by atoms with Crippen molar-refractivity contribution in [2.24, 2.45) is 0 Å². The fourth-order valence-electron chi connectivity index (χ4n) is 2.32. The molecule has 2 aromatic rings. The van der Waals surface area contributed by atoms with Crippen LogP contribution in [0, 0.1) is 5.82 Å². The van der Waals surface area contributed by atoms with E-state index in [1.165, 1.54) is 18.2 Å². The molecule has 0 saturated carbocycles. The molecule has 0 fully saturated rings. The van der Waals surface area contributed by atoms with Gasteiger partial charge in [0.2, 0.25) is 0 Å². The van der Waals surface area contributed by atoms with Gasteiger partial charge in [0.05, 0.1) is 6.04 Å². The molecule has 3 nitrogen and oxygen atoms in total. The Balaban J connectivity index is 2.06. The normalized spacial score (nSPS) is 12.7. The number of ether oxygens (including phenoxy) is 1. The highest BCUT2D eigenvalue weighted by molar-refractivity contribution is 5.65. The molecule has 0 aliphatic heterocycles. The highest BCUT2D eigenvalue weighted by Gasteiger charge is 2.15. The van der Waals surface area contributed by atoms with Gasteiger partial charge in [0, 0.05) is 6.08 Å². The first kappa shape index (κ1) is 16.9. The lowest BCUT2D eigenvalue weighted by molar-refractivity contribution is -0.104. The van der Waals surface area contributed by atoms with Crippen LogP contribution in [0.1, 0.15) is 11.1 Å². The fourth-order valence-corrected chi connectivity index (χ4v) is 2.32. The maximum Gasteiger partial charge on any atom is 0.146 e. The average molecular weight is 313 g/mol. The number of hydrogen-bond donors (Lipinski definition) is 1. The second-order valence-electron chi connectivity index (χ2n) is 5.15. The van der Waals surface area contributed by atoms with Crippen molar-refractivity contribution < 1.29 is 13.9 Å². The molecule has 0 aliphatic rings. The molecule has 0 amide bonds. The van der Waals surface area contributed by atoms with E-state index in [1.807, 2.05) is 37.4 Å². The van der Waals surface area contributed by atoms with Crippen molar-refractivity contribution >= 4 is 6.29 Å². The van der Waals surface area contributed by atoms with Gasteiger partial charge in [0.25, 0.3) is 0 Å². The molecule has 0 aromatic heterocycles. The van der Waals surface area contributed by atoms with Crippen LogP contribution in [0.4, 0.5) is 4.39 Å². The van der Waals surface area contributed by atoms with Crippen LogP contribution in [-0.2, 0) is 22.6 Å². The molecule has 23 heavy (non-hydrogen) atoms. The van der Waals surface area contributed by atoms with Gasteiger partial charge in [-0.05, 0) is 36.7 Å². The summed E-state index contributed by atoms with van der Waals surface area (Å²) in [6.07, 6.45) is 2.81. The Morgan fingerprint density at radius 1 is 1.17 bits per heavy atom. The Hall–Kier alpha value is -2.46. The summed E-state index contributed by atoms with van der Waals surface area (Å²) < 4.78 is 19.0. The topological polar surface area (TPSA) is 38.3 Å². The quantitative estimate of drug-likeness (QED) is 0.462. The van der Waals surface area contributed by atoms with Gasteiger partial charge in [-0.3, -0.25) is 4.79 Å². The van der Waals surface area contributed by atoms with Crippen molar-refractivity contribution in [1.29, 1.82) is 0 Å². The number of aldehydes is 1. The minimum atomic E-state index is -0.304. The second kappa shape index (κ2) is 8.86. The van der Waals surface area contributed by atoms with E-state index in [0.717, 1.165) is 11.1 Å².